The third-order valence-corrected chi connectivity index (χ3v) is 3.16. The number of benzene rings is 2. The van der Waals surface area contributed by atoms with Crippen molar-refractivity contribution in [3.8, 4) is 0 Å². The van der Waals surface area contributed by atoms with E-state index in [0.717, 1.165) is 10.9 Å². The molecule has 0 aliphatic heterocycles. The summed E-state index contributed by atoms with van der Waals surface area (Å²) in [5.74, 6) is 0. The molecule has 1 heterocycles. The molecule has 20 heavy (non-hydrogen) atoms. The van der Waals surface area contributed by atoms with Crippen LogP contribution >= 0.6 is 0 Å². The summed E-state index contributed by atoms with van der Waals surface area (Å²) in [4.78, 5) is 11.9. The van der Waals surface area contributed by atoms with E-state index in [-0.39, 0.29) is 5.63 Å². The summed E-state index contributed by atoms with van der Waals surface area (Å²) < 4.78 is 5.31. The topological polar surface area (TPSA) is 30.2 Å². The van der Waals surface area contributed by atoms with Gasteiger partial charge in [0.1, 0.15) is 5.58 Å². The average molecular weight is 262 g/mol. The lowest BCUT2D eigenvalue weighted by Gasteiger charge is -1.99. The van der Waals surface area contributed by atoms with Gasteiger partial charge in [0, 0.05) is 10.9 Å². The molecule has 3 rings (SSSR count). The molecule has 0 radical (unpaired) electrons. The number of allylic oxidation sites excluding steroid dienone is 1. The Labute approximate surface area is 117 Å². The van der Waals surface area contributed by atoms with Gasteiger partial charge in [-0.05, 0) is 24.1 Å². The molecule has 0 saturated heterocycles. The second-order valence-electron chi connectivity index (χ2n) is 4.61. The predicted molar refractivity (Wildman–Crippen MR) is 81.7 cm³/mol. The van der Waals surface area contributed by atoms with Crippen molar-refractivity contribution in [3.63, 3.8) is 0 Å². The zero-order valence-corrected chi connectivity index (χ0v) is 11.0. The SMILES string of the molecule is O=c1oc2ccccc2cc1CC=Cc1ccccc1. The quantitative estimate of drug-likeness (QED) is 0.666. The smallest absolute Gasteiger partial charge is 0.339 e. The van der Waals surface area contributed by atoms with E-state index in [4.69, 9.17) is 4.42 Å². The van der Waals surface area contributed by atoms with Gasteiger partial charge in [-0.1, -0.05) is 60.7 Å². The van der Waals surface area contributed by atoms with Crippen LogP contribution in [0.15, 0.2) is 76.0 Å². The molecular weight excluding hydrogens is 248 g/mol. The molecule has 2 heteroatoms. The number of hydrogen-bond acceptors (Lipinski definition) is 2. The minimum Gasteiger partial charge on any atom is -0.423 e. The normalized spacial score (nSPS) is 11.2. The van der Waals surface area contributed by atoms with Crippen LogP contribution < -0.4 is 5.63 Å². The highest BCUT2D eigenvalue weighted by molar-refractivity contribution is 5.76. The first-order valence-corrected chi connectivity index (χ1v) is 6.56. The molecule has 0 bridgehead atoms. The molecule has 0 atom stereocenters. The van der Waals surface area contributed by atoms with Gasteiger partial charge >= 0.3 is 5.63 Å². The molecule has 3 aromatic rings. The first-order valence-electron chi connectivity index (χ1n) is 6.56. The van der Waals surface area contributed by atoms with E-state index in [0.29, 0.717) is 17.6 Å². The molecule has 0 aliphatic rings. The van der Waals surface area contributed by atoms with Gasteiger partial charge in [-0.2, -0.15) is 0 Å². The summed E-state index contributed by atoms with van der Waals surface area (Å²) in [6.45, 7) is 0. The molecule has 0 amide bonds. The van der Waals surface area contributed by atoms with Crippen molar-refractivity contribution >= 4 is 17.0 Å². The lowest BCUT2D eigenvalue weighted by molar-refractivity contribution is 0.553. The van der Waals surface area contributed by atoms with E-state index < -0.39 is 0 Å². The van der Waals surface area contributed by atoms with Crippen LogP contribution in [0.3, 0.4) is 0 Å². The van der Waals surface area contributed by atoms with Crippen LogP contribution in [0.4, 0.5) is 0 Å². The van der Waals surface area contributed by atoms with Gasteiger partial charge in [-0.15, -0.1) is 0 Å². The van der Waals surface area contributed by atoms with E-state index in [2.05, 4.69) is 0 Å². The summed E-state index contributed by atoms with van der Waals surface area (Å²) in [6.07, 6.45) is 4.56. The second-order valence-corrected chi connectivity index (χ2v) is 4.61. The Bertz CT molecular complexity index is 798. The molecular formula is C18H14O2. The van der Waals surface area contributed by atoms with Crippen LogP contribution in [0.1, 0.15) is 11.1 Å². The second kappa shape index (κ2) is 5.57. The first-order chi connectivity index (χ1) is 9.83. The monoisotopic (exact) mass is 262 g/mol. The van der Waals surface area contributed by atoms with Crippen LogP contribution in [0, 0.1) is 0 Å². The fourth-order valence-electron chi connectivity index (χ4n) is 2.13. The van der Waals surface area contributed by atoms with Gasteiger partial charge in [0.05, 0.1) is 0 Å². The van der Waals surface area contributed by atoms with Crippen molar-refractivity contribution in [2.24, 2.45) is 0 Å². The minimum atomic E-state index is -0.263. The third kappa shape index (κ3) is 2.69. The molecule has 98 valence electrons. The Morgan fingerprint density at radius 3 is 2.55 bits per heavy atom. The first kappa shape index (κ1) is 12.4. The summed E-state index contributed by atoms with van der Waals surface area (Å²) in [5, 5.41) is 0.954. The minimum absolute atomic E-state index is 0.263. The van der Waals surface area contributed by atoms with Crippen molar-refractivity contribution in [3.05, 3.63) is 88.3 Å². The van der Waals surface area contributed by atoms with Crippen molar-refractivity contribution in [1.82, 2.24) is 0 Å². The predicted octanol–water partition coefficient (Wildman–Crippen LogP) is 4.05. The highest BCUT2D eigenvalue weighted by Crippen LogP contribution is 2.13. The van der Waals surface area contributed by atoms with Crippen molar-refractivity contribution in [2.75, 3.05) is 0 Å². The lowest BCUT2D eigenvalue weighted by Crippen LogP contribution is -2.05. The highest BCUT2D eigenvalue weighted by atomic mass is 16.4. The summed E-state index contributed by atoms with van der Waals surface area (Å²) in [6, 6.07) is 19.5. The number of fused-ring (bicyclic) bond motifs is 1. The molecule has 0 aliphatic carbocycles. The Balaban J connectivity index is 1.86. The number of hydrogen-bond donors (Lipinski definition) is 0. The van der Waals surface area contributed by atoms with Crippen LogP contribution in [-0.4, -0.2) is 0 Å². The fraction of sp³-hybridized carbons (Fsp3) is 0.0556. The molecule has 0 fully saturated rings. The maximum Gasteiger partial charge on any atom is 0.339 e. The molecule has 0 saturated carbocycles. The van der Waals surface area contributed by atoms with Gasteiger partial charge in [0.2, 0.25) is 0 Å². The summed E-state index contributed by atoms with van der Waals surface area (Å²) in [5.41, 5.74) is 2.17. The van der Waals surface area contributed by atoms with Gasteiger partial charge in [0.25, 0.3) is 0 Å². The highest BCUT2D eigenvalue weighted by Gasteiger charge is 2.02. The summed E-state index contributed by atoms with van der Waals surface area (Å²) in [7, 11) is 0. The summed E-state index contributed by atoms with van der Waals surface area (Å²) >= 11 is 0. The maximum atomic E-state index is 11.9. The molecule has 0 unspecified atom stereocenters. The molecule has 1 aromatic heterocycles. The molecule has 2 aromatic carbocycles. The van der Waals surface area contributed by atoms with Crippen molar-refractivity contribution in [1.29, 1.82) is 0 Å². The fourth-order valence-corrected chi connectivity index (χ4v) is 2.13. The molecule has 2 nitrogen and oxygen atoms in total. The Morgan fingerprint density at radius 2 is 1.70 bits per heavy atom. The van der Waals surface area contributed by atoms with Crippen molar-refractivity contribution in [2.45, 2.75) is 6.42 Å². The van der Waals surface area contributed by atoms with E-state index in [1.54, 1.807) is 6.07 Å². The zero-order chi connectivity index (χ0) is 13.8. The van der Waals surface area contributed by atoms with Gasteiger partial charge in [-0.3, -0.25) is 0 Å². The van der Waals surface area contributed by atoms with E-state index in [9.17, 15) is 4.79 Å². The van der Waals surface area contributed by atoms with E-state index in [1.807, 2.05) is 66.7 Å². The maximum absolute atomic E-state index is 11.9. The van der Waals surface area contributed by atoms with Crippen molar-refractivity contribution < 1.29 is 4.42 Å². The van der Waals surface area contributed by atoms with Crippen LogP contribution in [0.25, 0.3) is 17.0 Å². The van der Waals surface area contributed by atoms with Crippen LogP contribution in [0.5, 0.6) is 0 Å². The van der Waals surface area contributed by atoms with E-state index >= 15 is 0 Å². The van der Waals surface area contributed by atoms with Gasteiger partial charge in [0.15, 0.2) is 0 Å². The van der Waals surface area contributed by atoms with Gasteiger partial charge in [-0.25, -0.2) is 4.79 Å². The average Bonchev–Trinajstić information content (AvgIpc) is 2.49. The Hall–Kier alpha value is -2.61. The number of rotatable bonds is 3. The standard InChI is InChI=1S/C18H14O2/c19-18-16(11-6-9-14-7-2-1-3-8-14)13-15-10-4-5-12-17(15)20-18/h1-10,12-13H,11H2. The van der Waals surface area contributed by atoms with Crippen LogP contribution in [-0.2, 0) is 6.42 Å². The molecule has 0 spiro atoms. The van der Waals surface area contributed by atoms with Crippen LogP contribution in [0.2, 0.25) is 0 Å². The lowest BCUT2D eigenvalue weighted by atomic mass is 10.1. The molecule has 0 N–H and O–H groups in total. The van der Waals surface area contributed by atoms with Gasteiger partial charge < -0.3 is 4.42 Å². The zero-order valence-electron chi connectivity index (χ0n) is 11.0. The Kier molecular flexibility index (Phi) is 3.46. The number of para-hydroxylation sites is 1. The largest absolute Gasteiger partial charge is 0.423 e. The van der Waals surface area contributed by atoms with E-state index in [1.165, 1.54) is 0 Å². The Morgan fingerprint density at radius 1 is 0.950 bits per heavy atom. The third-order valence-electron chi connectivity index (χ3n) is 3.16.